The number of halogens is 1. The highest BCUT2D eigenvalue weighted by atomic mass is 19.1. The van der Waals surface area contributed by atoms with Crippen molar-refractivity contribution in [2.45, 2.75) is 86.6 Å². The second-order valence-electron chi connectivity index (χ2n) is 11.5. The second kappa shape index (κ2) is 15.0. The fraction of sp³-hybridized carbons (Fsp3) is 0.471. The number of piperidine rings is 1. The molecule has 0 bridgehead atoms. The molecule has 0 spiro atoms. The van der Waals surface area contributed by atoms with Crippen LogP contribution in [-0.2, 0) is 0 Å². The van der Waals surface area contributed by atoms with Gasteiger partial charge in [-0.05, 0) is 67.8 Å². The maximum absolute atomic E-state index is 14.3. The lowest BCUT2D eigenvalue weighted by atomic mass is 9.80. The Morgan fingerprint density at radius 1 is 1.28 bits per heavy atom. The number of anilines is 1. The van der Waals surface area contributed by atoms with E-state index in [1.54, 1.807) is 6.20 Å². The molecule has 9 heteroatoms. The minimum Gasteiger partial charge on any atom is -0.385 e. The van der Waals surface area contributed by atoms with Gasteiger partial charge in [0, 0.05) is 35.9 Å². The van der Waals surface area contributed by atoms with E-state index in [0.29, 0.717) is 23.1 Å². The Labute approximate surface area is 256 Å². The zero-order valence-corrected chi connectivity index (χ0v) is 27.1. The third-order valence-electron chi connectivity index (χ3n) is 8.00. The van der Waals surface area contributed by atoms with E-state index in [1.807, 2.05) is 40.0 Å². The van der Waals surface area contributed by atoms with Crippen LogP contribution in [0.15, 0.2) is 54.8 Å². The van der Waals surface area contributed by atoms with Gasteiger partial charge in [0.1, 0.15) is 17.3 Å². The Bertz CT molecular complexity index is 1480. The van der Waals surface area contributed by atoms with E-state index in [1.165, 1.54) is 18.3 Å². The van der Waals surface area contributed by atoms with Crippen molar-refractivity contribution in [2.75, 3.05) is 18.4 Å². The molecule has 0 radical (unpaired) electrons. The van der Waals surface area contributed by atoms with Crippen LogP contribution in [0.5, 0.6) is 0 Å². The van der Waals surface area contributed by atoms with Crippen molar-refractivity contribution < 1.29 is 4.39 Å². The number of nitrogens with zero attached hydrogens (tertiary/aromatic N) is 4. The maximum atomic E-state index is 14.3. The fourth-order valence-corrected chi connectivity index (χ4v) is 5.48. The Morgan fingerprint density at radius 2 is 2.02 bits per heavy atom. The summed E-state index contributed by atoms with van der Waals surface area (Å²) in [4.78, 5) is 18.8. The zero-order chi connectivity index (χ0) is 31.7. The van der Waals surface area contributed by atoms with E-state index in [-0.39, 0.29) is 22.8 Å². The van der Waals surface area contributed by atoms with Gasteiger partial charge >= 0.3 is 0 Å². The molecule has 5 N–H and O–H groups in total. The number of rotatable bonds is 10. The third-order valence-corrected chi connectivity index (χ3v) is 8.00. The Hall–Kier alpha value is -3.85. The van der Waals surface area contributed by atoms with E-state index >= 15 is 0 Å². The first-order valence-corrected chi connectivity index (χ1v) is 15.4. The maximum Gasteiger partial charge on any atom is 0.162 e. The van der Waals surface area contributed by atoms with Gasteiger partial charge in [-0.25, -0.2) is 14.4 Å². The van der Waals surface area contributed by atoms with E-state index < -0.39 is 5.82 Å². The van der Waals surface area contributed by atoms with E-state index in [0.717, 1.165) is 60.2 Å². The predicted molar refractivity (Wildman–Crippen MR) is 178 cm³/mol. The van der Waals surface area contributed by atoms with Gasteiger partial charge in [0.15, 0.2) is 11.6 Å². The van der Waals surface area contributed by atoms with Gasteiger partial charge < -0.3 is 21.7 Å². The van der Waals surface area contributed by atoms with Gasteiger partial charge in [0.05, 0.1) is 17.4 Å². The molecule has 2 unspecified atom stereocenters. The molecule has 0 saturated carbocycles. The first-order chi connectivity index (χ1) is 20.6. The predicted octanol–water partition coefficient (Wildman–Crippen LogP) is 7.14. The molecule has 232 valence electrons. The van der Waals surface area contributed by atoms with Gasteiger partial charge in [0.2, 0.25) is 0 Å². The van der Waals surface area contributed by atoms with Crippen molar-refractivity contribution >= 4 is 28.0 Å². The number of hydrogen-bond acceptors (Lipinski definition) is 8. The molecule has 2 atom stereocenters. The second-order valence-corrected chi connectivity index (χ2v) is 11.5. The van der Waals surface area contributed by atoms with Gasteiger partial charge in [-0.15, -0.1) is 0 Å². The van der Waals surface area contributed by atoms with E-state index in [4.69, 9.17) is 15.7 Å². The molecule has 1 fully saturated rings. The van der Waals surface area contributed by atoms with Crippen LogP contribution in [0.2, 0.25) is 0 Å². The quantitative estimate of drug-likeness (QED) is 0.185. The average molecular weight is 589 g/mol. The van der Waals surface area contributed by atoms with Gasteiger partial charge in [-0.3, -0.25) is 9.97 Å². The highest BCUT2D eigenvalue weighted by molar-refractivity contribution is 5.94. The molecule has 0 aromatic carbocycles. The van der Waals surface area contributed by atoms with Crippen molar-refractivity contribution in [2.24, 2.45) is 11.1 Å². The molecule has 8 nitrogen and oxygen atoms in total. The molecule has 3 aromatic rings. The summed E-state index contributed by atoms with van der Waals surface area (Å²) < 4.78 is 14.3. The minimum absolute atomic E-state index is 0.0343. The Morgan fingerprint density at radius 3 is 2.67 bits per heavy atom. The SMILES string of the molecule is C=C(N/C(N)=C(C)/C(=C\C)c1nc(NC2CCNCC2(C)C)c2c(C(C)CCC)cncc2n1)c1ncccc1F.CC. The number of nitrogens with one attached hydrogen (secondary N) is 3. The molecule has 4 rings (SSSR count). The number of nitrogens with two attached hydrogens (primary N) is 1. The van der Waals surface area contributed by atoms with Crippen LogP contribution in [0.3, 0.4) is 0 Å². The van der Waals surface area contributed by atoms with E-state index in [9.17, 15) is 4.39 Å². The molecule has 1 saturated heterocycles. The number of hydrogen-bond donors (Lipinski definition) is 4. The number of allylic oxidation sites excluding steroid dienone is 3. The van der Waals surface area contributed by atoms with Gasteiger partial charge in [-0.1, -0.05) is 60.6 Å². The Kier molecular flexibility index (Phi) is 11.8. The summed E-state index contributed by atoms with van der Waals surface area (Å²) in [6, 6.07) is 3.10. The van der Waals surface area contributed by atoms with Crippen LogP contribution in [-0.4, -0.2) is 39.1 Å². The van der Waals surface area contributed by atoms with Crippen LogP contribution in [0.1, 0.15) is 97.7 Å². The summed E-state index contributed by atoms with van der Waals surface area (Å²) in [5, 5.41) is 11.4. The van der Waals surface area contributed by atoms with Crippen LogP contribution in [0.25, 0.3) is 22.2 Å². The summed E-state index contributed by atoms with van der Waals surface area (Å²) in [5.74, 6) is 1.50. The van der Waals surface area contributed by atoms with Crippen molar-refractivity contribution in [3.63, 3.8) is 0 Å². The summed E-state index contributed by atoms with van der Waals surface area (Å²) >= 11 is 0. The molecule has 0 amide bonds. The average Bonchev–Trinajstić information content (AvgIpc) is 2.99. The van der Waals surface area contributed by atoms with Crippen LogP contribution in [0, 0.1) is 11.2 Å². The van der Waals surface area contributed by atoms with Crippen LogP contribution < -0.4 is 21.7 Å². The van der Waals surface area contributed by atoms with Crippen molar-refractivity contribution in [3.8, 4) is 0 Å². The molecule has 43 heavy (non-hydrogen) atoms. The molecule has 0 aliphatic carbocycles. The summed E-state index contributed by atoms with van der Waals surface area (Å²) in [6.45, 7) is 22.6. The highest BCUT2D eigenvalue weighted by Gasteiger charge is 2.33. The molecule has 3 aromatic heterocycles. The lowest BCUT2D eigenvalue weighted by Gasteiger charge is -2.40. The first-order valence-electron chi connectivity index (χ1n) is 15.4. The summed E-state index contributed by atoms with van der Waals surface area (Å²) in [6.07, 6.45) is 10.3. The van der Waals surface area contributed by atoms with Crippen molar-refractivity contribution in [3.05, 3.63) is 77.7 Å². The third kappa shape index (κ3) is 7.76. The normalized spacial score (nSPS) is 17.8. The topological polar surface area (TPSA) is 114 Å². The Balaban J connectivity index is 0.00000248. The smallest absolute Gasteiger partial charge is 0.162 e. The zero-order valence-electron chi connectivity index (χ0n) is 27.1. The largest absolute Gasteiger partial charge is 0.385 e. The van der Waals surface area contributed by atoms with Gasteiger partial charge in [-0.2, -0.15) is 0 Å². The molecule has 4 heterocycles. The minimum atomic E-state index is -0.475. The number of fused-ring (bicyclic) bond motifs is 1. The highest BCUT2D eigenvalue weighted by Crippen LogP contribution is 2.36. The van der Waals surface area contributed by atoms with Crippen molar-refractivity contribution in [1.29, 1.82) is 0 Å². The van der Waals surface area contributed by atoms with Crippen LogP contribution in [0.4, 0.5) is 10.2 Å². The molecule has 1 aliphatic rings. The lowest BCUT2D eigenvalue weighted by Crippen LogP contribution is -2.49. The molecular weight excluding hydrogens is 539 g/mol. The standard InChI is InChI=1S/C32H43FN8.C2H6/c1-8-11-19(3)23-16-36-17-25-27(23)31(40-26-13-15-35-18-32(26,6)7)41-30(39-25)22(9-2)20(4)29(34)38-21(5)28-24(33)12-10-14-37-28;1-2/h9-10,12,14,16-17,19,26,35,38H,5,8,11,13,15,18,34H2,1-4,6-7H3,(H,39,40,41);1-2H3/b22-9+,29-20+;. The van der Waals surface area contributed by atoms with E-state index in [2.05, 4.69) is 60.2 Å². The molecular formula is C34H49FN8. The van der Waals surface area contributed by atoms with Gasteiger partial charge in [0.25, 0.3) is 0 Å². The monoisotopic (exact) mass is 588 g/mol. The lowest BCUT2D eigenvalue weighted by molar-refractivity contribution is 0.236. The fourth-order valence-electron chi connectivity index (χ4n) is 5.48. The number of aromatic nitrogens is 4. The summed E-state index contributed by atoms with van der Waals surface area (Å²) in [7, 11) is 0. The summed E-state index contributed by atoms with van der Waals surface area (Å²) in [5.41, 5.74) is 10.3. The molecule has 1 aliphatic heterocycles. The van der Waals surface area contributed by atoms with Crippen LogP contribution >= 0.6 is 0 Å². The number of pyridine rings is 2. The van der Waals surface area contributed by atoms with Crippen molar-refractivity contribution in [1.82, 2.24) is 30.6 Å². The first kappa shape index (κ1) is 33.6.